The molecule has 0 aliphatic heterocycles. The predicted octanol–water partition coefficient (Wildman–Crippen LogP) is 2.96. The fraction of sp³-hybridized carbons (Fsp3) is 0.353. The van der Waals surface area contributed by atoms with Crippen LogP contribution < -0.4 is 10.1 Å². The van der Waals surface area contributed by atoms with Gasteiger partial charge in [0.05, 0.1) is 6.61 Å². The Morgan fingerprint density at radius 1 is 1.10 bits per heavy atom. The van der Waals surface area contributed by atoms with Gasteiger partial charge in [-0.3, -0.25) is 4.98 Å². The molecule has 1 fully saturated rings. The average molecular weight is 268 g/mol. The number of hydrogen-bond acceptors (Lipinski definition) is 3. The van der Waals surface area contributed by atoms with Crippen molar-refractivity contribution in [2.45, 2.75) is 31.8 Å². The summed E-state index contributed by atoms with van der Waals surface area (Å²) in [6, 6.07) is 13.1. The molecule has 0 bridgehead atoms. The van der Waals surface area contributed by atoms with Crippen LogP contribution in [-0.2, 0) is 13.0 Å². The van der Waals surface area contributed by atoms with Crippen molar-refractivity contribution in [3.8, 4) is 5.75 Å². The molecule has 0 radical (unpaired) electrons. The maximum atomic E-state index is 5.75. The van der Waals surface area contributed by atoms with Crippen LogP contribution in [0.15, 0.2) is 48.8 Å². The minimum Gasteiger partial charge on any atom is -0.493 e. The first-order chi connectivity index (χ1) is 9.90. The number of nitrogens with zero attached hydrogens (tertiary/aromatic N) is 1. The van der Waals surface area contributed by atoms with Crippen LogP contribution in [0.25, 0.3) is 0 Å². The standard InChI is InChI=1S/C17H20N2O/c1-2-14(12-18-10-1)9-11-20-17-7-3-15(4-8-17)13-19-16-5-6-16/h1-4,7-8,10,12,16,19H,5-6,9,11,13H2. The van der Waals surface area contributed by atoms with Gasteiger partial charge in [-0.2, -0.15) is 0 Å². The normalized spacial score (nSPS) is 14.2. The first kappa shape index (κ1) is 13.1. The van der Waals surface area contributed by atoms with Gasteiger partial charge in [-0.15, -0.1) is 0 Å². The van der Waals surface area contributed by atoms with Crippen molar-refractivity contribution in [3.05, 3.63) is 59.9 Å². The fourth-order valence-corrected chi connectivity index (χ4v) is 2.09. The molecule has 1 N–H and O–H groups in total. The van der Waals surface area contributed by atoms with E-state index in [1.807, 2.05) is 24.4 Å². The monoisotopic (exact) mass is 268 g/mol. The number of benzene rings is 1. The van der Waals surface area contributed by atoms with Gasteiger partial charge in [0.15, 0.2) is 0 Å². The highest BCUT2D eigenvalue weighted by Crippen LogP contribution is 2.20. The Morgan fingerprint density at radius 3 is 2.65 bits per heavy atom. The quantitative estimate of drug-likeness (QED) is 0.838. The molecule has 3 heteroatoms. The minimum atomic E-state index is 0.686. The fourth-order valence-electron chi connectivity index (χ4n) is 2.09. The Bertz CT molecular complexity index is 520. The summed E-state index contributed by atoms with van der Waals surface area (Å²) < 4.78 is 5.75. The summed E-state index contributed by atoms with van der Waals surface area (Å²) in [5.41, 5.74) is 2.52. The van der Waals surface area contributed by atoms with E-state index in [-0.39, 0.29) is 0 Å². The molecule has 0 amide bonds. The van der Waals surface area contributed by atoms with Crippen LogP contribution >= 0.6 is 0 Å². The van der Waals surface area contributed by atoms with Gasteiger partial charge >= 0.3 is 0 Å². The lowest BCUT2D eigenvalue weighted by Gasteiger charge is -2.08. The van der Waals surface area contributed by atoms with Gasteiger partial charge in [0.25, 0.3) is 0 Å². The zero-order valence-electron chi connectivity index (χ0n) is 11.6. The zero-order chi connectivity index (χ0) is 13.6. The summed E-state index contributed by atoms with van der Waals surface area (Å²) in [6.07, 6.45) is 7.22. The molecular weight excluding hydrogens is 248 g/mol. The molecule has 0 saturated heterocycles. The van der Waals surface area contributed by atoms with Crippen molar-refractivity contribution in [1.29, 1.82) is 0 Å². The molecule has 104 valence electrons. The third kappa shape index (κ3) is 4.07. The van der Waals surface area contributed by atoms with E-state index in [2.05, 4.69) is 28.5 Å². The number of pyridine rings is 1. The van der Waals surface area contributed by atoms with E-state index in [9.17, 15) is 0 Å². The molecule has 1 heterocycles. The molecule has 1 aliphatic rings. The summed E-state index contributed by atoms with van der Waals surface area (Å²) in [4.78, 5) is 4.10. The largest absolute Gasteiger partial charge is 0.493 e. The van der Waals surface area contributed by atoms with Crippen molar-refractivity contribution in [3.63, 3.8) is 0 Å². The number of hydrogen-bond donors (Lipinski definition) is 1. The van der Waals surface area contributed by atoms with Gasteiger partial charge in [-0.25, -0.2) is 0 Å². The molecule has 2 aromatic rings. The molecule has 1 saturated carbocycles. The number of ether oxygens (including phenoxy) is 1. The molecule has 1 aromatic carbocycles. The number of aromatic nitrogens is 1. The number of rotatable bonds is 7. The SMILES string of the molecule is c1cncc(CCOc2ccc(CNC3CC3)cc2)c1. The molecule has 1 aromatic heterocycles. The van der Waals surface area contributed by atoms with Crippen LogP contribution in [-0.4, -0.2) is 17.6 Å². The summed E-state index contributed by atoms with van der Waals surface area (Å²) in [7, 11) is 0. The van der Waals surface area contributed by atoms with E-state index in [0.717, 1.165) is 24.8 Å². The molecule has 20 heavy (non-hydrogen) atoms. The van der Waals surface area contributed by atoms with E-state index in [1.54, 1.807) is 6.20 Å². The minimum absolute atomic E-state index is 0.686. The summed E-state index contributed by atoms with van der Waals surface area (Å²) in [5.74, 6) is 0.934. The van der Waals surface area contributed by atoms with Crippen molar-refractivity contribution < 1.29 is 4.74 Å². The Labute approximate surface area is 120 Å². The molecule has 3 nitrogen and oxygen atoms in total. The third-order valence-corrected chi connectivity index (χ3v) is 3.48. The van der Waals surface area contributed by atoms with Crippen LogP contribution in [0.4, 0.5) is 0 Å². The molecule has 0 spiro atoms. The Morgan fingerprint density at radius 2 is 1.95 bits per heavy atom. The smallest absolute Gasteiger partial charge is 0.119 e. The summed E-state index contributed by atoms with van der Waals surface area (Å²) in [5, 5.41) is 3.51. The second kappa shape index (κ2) is 6.53. The van der Waals surface area contributed by atoms with E-state index in [1.165, 1.54) is 24.0 Å². The Balaban J connectivity index is 1.43. The van der Waals surface area contributed by atoms with Gasteiger partial charge in [-0.05, 0) is 42.2 Å². The molecule has 0 atom stereocenters. The van der Waals surface area contributed by atoms with E-state index in [0.29, 0.717) is 6.61 Å². The molecular formula is C17H20N2O. The lowest BCUT2D eigenvalue weighted by Crippen LogP contribution is -2.15. The van der Waals surface area contributed by atoms with Crippen LogP contribution in [0.1, 0.15) is 24.0 Å². The van der Waals surface area contributed by atoms with Crippen molar-refractivity contribution in [2.75, 3.05) is 6.61 Å². The highest BCUT2D eigenvalue weighted by molar-refractivity contribution is 5.27. The molecule has 1 aliphatic carbocycles. The highest BCUT2D eigenvalue weighted by atomic mass is 16.5. The Hall–Kier alpha value is -1.87. The zero-order valence-corrected chi connectivity index (χ0v) is 11.6. The maximum Gasteiger partial charge on any atom is 0.119 e. The van der Waals surface area contributed by atoms with Crippen LogP contribution in [0, 0.1) is 0 Å². The van der Waals surface area contributed by atoms with Crippen LogP contribution in [0.3, 0.4) is 0 Å². The maximum absolute atomic E-state index is 5.75. The van der Waals surface area contributed by atoms with Gasteiger partial charge < -0.3 is 10.1 Å². The van der Waals surface area contributed by atoms with E-state index in [4.69, 9.17) is 4.74 Å². The Kier molecular flexibility index (Phi) is 4.28. The van der Waals surface area contributed by atoms with Gasteiger partial charge in [-0.1, -0.05) is 18.2 Å². The molecule has 3 rings (SSSR count). The van der Waals surface area contributed by atoms with Crippen molar-refractivity contribution in [1.82, 2.24) is 10.3 Å². The van der Waals surface area contributed by atoms with E-state index >= 15 is 0 Å². The lowest BCUT2D eigenvalue weighted by atomic mass is 10.2. The first-order valence-electron chi connectivity index (χ1n) is 7.24. The third-order valence-electron chi connectivity index (χ3n) is 3.48. The second-order valence-corrected chi connectivity index (χ2v) is 5.26. The van der Waals surface area contributed by atoms with Gasteiger partial charge in [0.1, 0.15) is 5.75 Å². The topological polar surface area (TPSA) is 34.1 Å². The van der Waals surface area contributed by atoms with Crippen molar-refractivity contribution >= 4 is 0 Å². The summed E-state index contributed by atoms with van der Waals surface area (Å²) >= 11 is 0. The predicted molar refractivity (Wildman–Crippen MR) is 79.7 cm³/mol. The highest BCUT2D eigenvalue weighted by Gasteiger charge is 2.19. The van der Waals surface area contributed by atoms with Crippen molar-refractivity contribution in [2.24, 2.45) is 0 Å². The van der Waals surface area contributed by atoms with E-state index < -0.39 is 0 Å². The number of nitrogens with one attached hydrogen (secondary N) is 1. The molecule has 0 unspecified atom stereocenters. The second-order valence-electron chi connectivity index (χ2n) is 5.26. The lowest BCUT2D eigenvalue weighted by molar-refractivity contribution is 0.321. The average Bonchev–Trinajstić information content (AvgIpc) is 3.32. The van der Waals surface area contributed by atoms with Crippen LogP contribution in [0.2, 0.25) is 0 Å². The van der Waals surface area contributed by atoms with Crippen LogP contribution in [0.5, 0.6) is 5.75 Å². The first-order valence-corrected chi connectivity index (χ1v) is 7.24. The van der Waals surface area contributed by atoms with Gasteiger partial charge in [0.2, 0.25) is 0 Å². The van der Waals surface area contributed by atoms with Gasteiger partial charge in [0, 0.05) is 31.4 Å². The summed E-state index contributed by atoms with van der Waals surface area (Å²) in [6.45, 7) is 1.64.